The Morgan fingerprint density at radius 1 is 1.50 bits per heavy atom. The van der Waals surface area contributed by atoms with Gasteiger partial charge in [-0.15, -0.1) is 0 Å². The number of hydrogen-bond acceptors (Lipinski definition) is 3. The fraction of sp³-hybridized carbons (Fsp3) is 0.706. The largest absolute Gasteiger partial charge is 0.375 e. The van der Waals surface area contributed by atoms with Gasteiger partial charge in [0, 0.05) is 19.2 Å². The number of ether oxygens (including phenoxy) is 1. The van der Waals surface area contributed by atoms with Crippen molar-refractivity contribution in [1.29, 1.82) is 0 Å². The maximum absolute atomic E-state index is 12.1. The Bertz CT molecular complexity index is 483. The SMILES string of the molecule is CC(CNC(=O)NC1CCOC2(CCCC2)C1)c1ccsc1. The third-order valence-electron chi connectivity index (χ3n) is 5.02. The summed E-state index contributed by atoms with van der Waals surface area (Å²) in [4.78, 5) is 12.1. The van der Waals surface area contributed by atoms with Gasteiger partial charge in [0.1, 0.15) is 0 Å². The highest BCUT2D eigenvalue weighted by atomic mass is 32.1. The Morgan fingerprint density at radius 3 is 3.05 bits per heavy atom. The molecule has 22 heavy (non-hydrogen) atoms. The Morgan fingerprint density at radius 2 is 2.32 bits per heavy atom. The zero-order valence-electron chi connectivity index (χ0n) is 13.3. The second-order valence-corrected chi connectivity index (χ2v) is 7.52. The van der Waals surface area contributed by atoms with E-state index in [1.54, 1.807) is 11.3 Å². The second-order valence-electron chi connectivity index (χ2n) is 6.74. The van der Waals surface area contributed by atoms with Crippen LogP contribution in [0.2, 0.25) is 0 Å². The molecule has 2 unspecified atom stereocenters. The molecule has 0 radical (unpaired) electrons. The van der Waals surface area contributed by atoms with Crippen molar-refractivity contribution in [3.8, 4) is 0 Å². The fourth-order valence-corrected chi connectivity index (χ4v) is 4.46. The van der Waals surface area contributed by atoms with E-state index >= 15 is 0 Å². The number of nitrogens with one attached hydrogen (secondary N) is 2. The lowest BCUT2D eigenvalue weighted by atomic mass is 9.89. The molecule has 1 aliphatic heterocycles. The van der Waals surface area contributed by atoms with Crippen LogP contribution >= 0.6 is 11.3 Å². The molecule has 1 aromatic rings. The number of rotatable bonds is 4. The summed E-state index contributed by atoms with van der Waals surface area (Å²) in [5.74, 6) is 0.355. The molecule has 1 aromatic heterocycles. The van der Waals surface area contributed by atoms with E-state index in [2.05, 4.69) is 34.4 Å². The molecule has 5 heteroatoms. The maximum atomic E-state index is 12.1. The van der Waals surface area contributed by atoms with Gasteiger partial charge in [0.2, 0.25) is 0 Å². The molecule has 2 aliphatic rings. The summed E-state index contributed by atoms with van der Waals surface area (Å²) in [5, 5.41) is 10.4. The molecule has 2 amide bonds. The van der Waals surface area contributed by atoms with Gasteiger partial charge in [-0.2, -0.15) is 11.3 Å². The van der Waals surface area contributed by atoms with E-state index in [0.29, 0.717) is 12.5 Å². The summed E-state index contributed by atoms with van der Waals surface area (Å²) in [5.41, 5.74) is 1.35. The van der Waals surface area contributed by atoms with Crippen LogP contribution in [0.15, 0.2) is 16.8 Å². The van der Waals surface area contributed by atoms with E-state index in [1.807, 2.05) is 0 Å². The van der Waals surface area contributed by atoms with E-state index in [4.69, 9.17) is 4.74 Å². The molecule has 2 fully saturated rings. The number of urea groups is 1. The van der Waals surface area contributed by atoms with E-state index < -0.39 is 0 Å². The molecule has 0 bridgehead atoms. The lowest BCUT2D eigenvalue weighted by Crippen LogP contribution is -2.50. The van der Waals surface area contributed by atoms with Crippen LogP contribution in [0.25, 0.3) is 0 Å². The highest BCUT2D eigenvalue weighted by Crippen LogP contribution is 2.39. The quantitative estimate of drug-likeness (QED) is 0.889. The second kappa shape index (κ2) is 7.01. The van der Waals surface area contributed by atoms with Crippen molar-refractivity contribution < 1.29 is 9.53 Å². The van der Waals surface area contributed by atoms with Gasteiger partial charge in [0.15, 0.2) is 0 Å². The minimum absolute atomic E-state index is 0.0397. The fourth-order valence-electron chi connectivity index (χ4n) is 3.67. The molecule has 122 valence electrons. The van der Waals surface area contributed by atoms with Crippen molar-refractivity contribution in [1.82, 2.24) is 10.6 Å². The molecule has 1 saturated carbocycles. The molecule has 1 aliphatic carbocycles. The number of carbonyl (C=O) groups is 1. The molecular weight excluding hydrogens is 296 g/mol. The highest BCUT2D eigenvalue weighted by molar-refractivity contribution is 7.07. The molecule has 1 spiro atoms. The number of amides is 2. The Balaban J connectivity index is 1.43. The lowest BCUT2D eigenvalue weighted by molar-refractivity contribution is -0.0820. The first kappa shape index (κ1) is 15.8. The van der Waals surface area contributed by atoms with Gasteiger partial charge in [-0.1, -0.05) is 19.8 Å². The zero-order valence-corrected chi connectivity index (χ0v) is 14.1. The van der Waals surface area contributed by atoms with Crippen LogP contribution in [0.4, 0.5) is 4.79 Å². The van der Waals surface area contributed by atoms with Crippen LogP contribution in [0.5, 0.6) is 0 Å². The zero-order chi connectivity index (χ0) is 15.4. The van der Waals surface area contributed by atoms with Crippen molar-refractivity contribution in [2.45, 2.75) is 63.0 Å². The van der Waals surface area contributed by atoms with Crippen LogP contribution in [0, 0.1) is 0 Å². The van der Waals surface area contributed by atoms with E-state index in [-0.39, 0.29) is 17.7 Å². The number of carbonyl (C=O) groups excluding carboxylic acids is 1. The molecule has 4 nitrogen and oxygen atoms in total. The Hall–Kier alpha value is -1.07. The molecule has 0 aromatic carbocycles. The topological polar surface area (TPSA) is 50.4 Å². The smallest absolute Gasteiger partial charge is 0.315 e. The molecule has 1 saturated heterocycles. The standard InChI is InChI=1S/C17H26N2O2S/c1-13(14-5-9-22-12-14)11-18-16(20)19-15-4-8-21-17(10-15)6-2-3-7-17/h5,9,12-13,15H,2-4,6-8,10-11H2,1H3,(H2,18,19,20). The van der Waals surface area contributed by atoms with Crippen molar-refractivity contribution in [3.63, 3.8) is 0 Å². The summed E-state index contributed by atoms with van der Waals surface area (Å²) in [6, 6.07) is 2.34. The van der Waals surface area contributed by atoms with Crippen LogP contribution in [0.1, 0.15) is 56.9 Å². The van der Waals surface area contributed by atoms with Gasteiger partial charge in [-0.05, 0) is 54.0 Å². The normalized spacial score (nSPS) is 25.0. The molecule has 2 heterocycles. The summed E-state index contributed by atoms with van der Waals surface area (Å²) < 4.78 is 6.01. The van der Waals surface area contributed by atoms with Crippen molar-refractivity contribution in [2.75, 3.05) is 13.2 Å². The first-order valence-electron chi connectivity index (χ1n) is 8.37. The third kappa shape index (κ3) is 3.82. The van der Waals surface area contributed by atoms with E-state index in [9.17, 15) is 4.79 Å². The average molecular weight is 322 g/mol. The maximum Gasteiger partial charge on any atom is 0.315 e. The van der Waals surface area contributed by atoms with Crippen LogP contribution in [-0.4, -0.2) is 30.8 Å². The van der Waals surface area contributed by atoms with Gasteiger partial charge < -0.3 is 15.4 Å². The molecule has 2 N–H and O–H groups in total. The molecular formula is C17H26N2O2S. The van der Waals surface area contributed by atoms with Gasteiger partial charge in [0.25, 0.3) is 0 Å². The number of hydrogen-bond donors (Lipinski definition) is 2. The van der Waals surface area contributed by atoms with Gasteiger partial charge in [0.05, 0.1) is 5.60 Å². The summed E-state index contributed by atoms with van der Waals surface area (Å²) in [6.07, 6.45) is 6.73. The molecule has 3 rings (SSSR count). The van der Waals surface area contributed by atoms with Crippen molar-refractivity contribution in [2.24, 2.45) is 0 Å². The van der Waals surface area contributed by atoms with E-state index in [0.717, 1.165) is 32.3 Å². The van der Waals surface area contributed by atoms with Crippen LogP contribution in [-0.2, 0) is 4.74 Å². The van der Waals surface area contributed by atoms with Gasteiger partial charge in [-0.25, -0.2) is 4.79 Å². The van der Waals surface area contributed by atoms with Gasteiger partial charge in [-0.3, -0.25) is 0 Å². The van der Waals surface area contributed by atoms with E-state index in [1.165, 1.54) is 18.4 Å². The summed E-state index contributed by atoms with van der Waals surface area (Å²) >= 11 is 1.70. The minimum atomic E-state index is -0.0397. The van der Waals surface area contributed by atoms with Crippen LogP contribution in [0.3, 0.4) is 0 Å². The van der Waals surface area contributed by atoms with Crippen molar-refractivity contribution in [3.05, 3.63) is 22.4 Å². The van der Waals surface area contributed by atoms with Crippen LogP contribution < -0.4 is 10.6 Å². The number of thiophene rings is 1. The summed E-state index contributed by atoms with van der Waals surface area (Å²) in [6.45, 7) is 3.59. The minimum Gasteiger partial charge on any atom is -0.375 e. The lowest BCUT2D eigenvalue weighted by Gasteiger charge is -2.38. The third-order valence-corrected chi connectivity index (χ3v) is 5.73. The monoisotopic (exact) mass is 322 g/mol. The Labute approximate surface area is 136 Å². The predicted octanol–water partition coefficient (Wildman–Crippen LogP) is 3.64. The average Bonchev–Trinajstić information content (AvgIpc) is 3.17. The Kier molecular flexibility index (Phi) is 5.03. The molecule has 2 atom stereocenters. The summed E-state index contributed by atoms with van der Waals surface area (Å²) in [7, 11) is 0. The van der Waals surface area contributed by atoms with Gasteiger partial charge >= 0.3 is 6.03 Å². The first-order chi connectivity index (χ1) is 10.7. The van der Waals surface area contributed by atoms with Crippen molar-refractivity contribution >= 4 is 17.4 Å². The highest BCUT2D eigenvalue weighted by Gasteiger charge is 2.40. The predicted molar refractivity (Wildman–Crippen MR) is 89.4 cm³/mol. The first-order valence-corrected chi connectivity index (χ1v) is 9.32.